The highest BCUT2D eigenvalue weighted by Crippen LogP contribution is 2.25. The normalized spacial score (nSPS) is 17.9. The van der Waals surface area contributed by atoms with Crippen molar-refractivity contribution in [3.8, 4) is 0 Å². The lowest BCUT2D eigenvalue weighted by molar-refractivity contribution is -0.116. The minimum Gasteiger partial charge on any atom is -0.357 e. The average Bonchev–Trinajstić information content (AvgIpc) is 2.64. The third-order valence-corrected chi connectivity index (χ3v) is 6.09. The Balaban J connectivity index is 2.04. The Kier molecular flexibility index (Phi) is 9.12. The number of nitrogens with one attached hydrogen (secondary N) is 2. The number of anilines is 1. The molecule has 1 amide bonds. The topological polar surface area (TPSA) is 60.0 Å². The van der Waals surface area contributed by atoms with E-state index in [-0.39, 0.29) is 5.91 Å². The highest BCUT2D eigenvalue weighted by Gasteiger charge is 2.24. The standard InChI is InChI=1S/C21H35N5OS/c1-6-22-21(26-10-11-28-19(14-26)16(2)3)23-13-17-8-7-9-18(12-17)24-20(27)15-25(4)5/h7-9,12,16,19H,6,10-11,13-15H2,1-5H3,(H,22,23)(H,24,27). The number of amides is 1. The Morgan fingerprint density at radius 2 is 2.18 bits per heavy atom. The van der Waals surface area contributed by atoms with Crippen molar-refractivity contribution in [2.24, 2.45) is 10.9 Å². The van der Waals surface area contributed by atoms with Crippen LogP contribution in [0.4, 0.5) is 5.69 Å². The van der Waals surface area contributed by atoms with E-state index >= 15 is 0 Å². The van der Waals surface area contributed by atoms with Crippen LogP contribution in [0.3, 0.4) is 0 Å². The summed E-state index contributed by atoms with van der Waals surface area (Å²) in [6, 6.07) is 7.94. The predicted octanol–water partition coefficient (Wildman–Crippen LogP) is 2.73. The molecule has 28 heavy (non-hydrogen) atoms. The Morgan fingerprint density at radius 3 is 2.86 bits per heavy atom. The van der Waals surface area contributed by atoms with Crippen LogP contribution in [0.15, 0.2) is 29.3 Å². The molecule has 6 nitrogen and oxygen atoms in total. The molecule has 2 N–H and O–H groups in total. The number of carbonyl (C=O) groups is 1. The molecule has 0 aliphatic carbocycles. The lowest BCUT2D eigenvalue weighted by Crippen LogP contribution is -2.49. The summed E-state index contributed by atoms with van der Waals surface area (Å²) in [5.41, 5.74) is 1.91. The van der Waals surface area contributed by atoms with Crippen molar-refractivity contribution >= 4 is 29.3 Å². The number of likely N-dealkylation sites (N-methyl/N-ethyl adjacent to an activating group) is 1. The van der Waals surface area contributed by atoms with Gasteiger partial charge in [-0.15, -0.1) is 0 Å². The van der Waals surface area contributed by atoms with Crippen molar-refractivity contribution in [1.82, 2.24) is 15.1 Å². The van der Waals surface area contributed by atoms with Gasteiger partial charge in [-0.3, -0.25) is 4.79 Å². The number of thioether (sulfide) groups is 1. The van der Waals surface area contributed by atoms with E-state index in [4.69, 9.17) is 4.99 Å². The van der Waals surface area contributed by atoms with Crippen molar-refractivity contribution in [2.75, 3.05) is 51.3 Å². The quantitative estimate of drug-likeness (QED) is 0.540. The SMILES string of the molecule is CCNC(=NCc1cccc(NC(=O)CN(C)C)c1)N1CCSC(C(C)C)C1. The van der Waals surface area contributed by atoms with E-state index in [0.717, 1.165) is 42.6 Å². The number of carbonyl (C=O) groups excluding carboxylic acids is 1. The summed E-state index contributed by atoms with van der Waals surface area (Å²) in [4.78, 5) is 21.1. The Bertz CT molecular complexity index is 662. The Morgan fingerprint density at radius 1 is 1.39 bits per heavy atom. The maximum absolute atomic E-state index is 12.0. The second-order valence-corrected chi connectivity index (χ2v) is 9.10. The fourth-order valence-corrected chi connectivity index (χ4v) is 4.40. The second-order valence-electron chi connectivity index (χ2n) is 7.76. The van der Waals surface area contributed by atoms with Crippen LogP contribution >= 0.6 is 11.8 Å². The Hall–Kier alpha value is -1.73. The van der Waals surface area contributed by atoms with Gasteiger partial charge in [-0.1, -0.05) is 26.0 Å². The first-order valence-corrected chi connectivity index (χ1v) is 11.1. The van der Waals surface area contributed by atoms with Crippen LogP contribution in [0.5, 0.6) is 0 Å². The lowest BCUT2D eigenvalue weighted by Gasteiger charge is -2.36. The number of aliphatic imine (C=N–C) groups is 1. The van der Waals surface area contributed by atoms with Gasteiger partial charge in [0.25, 0.3) is 0 Å². The van der Waals surface area contributed by atoms with Crippen LogP contribution in [0.1, 0.15) is 26.3 Å². The van der Waals surface area contributed by atoms with Crippen LogP contribution in [0.2, 0.25) is 0 Å². The Labute approximate surface area is 174 Å². The van der Waals surface area contributed by atoms with E-state index in [9.17, 15) is 4.79 Å². The molecule has 0 bridgehead atoms. The van der Waals surface area contributed by atoms with E-state index < -0.39 is 0 Å². The molecule has 156 valence electrons. The molecule has 0 radical (unpaired) electrons. The highest BCUT2D eigenvalue weighted by molar-refractivity contribution is 8.00. The lowest BCUT2D eigenvalue weighted by atomic mass is 10.1. The smallest absolute Gasteiger partial charge is 0.238 e. The second kappa shape index (κ2) is 11.3. The number of nitrogens with zero attached hydrogens (tertiary/aromatic N) is 3. The molecular formula is C21H35N5OS. The fraction of sp³-hybridized carbons (Fsp3) is 0.619. The molecule has 1 atom stereocenters. The summed E-state index contributed by atoms with van der Waals surface area (Å²) in [6.45, 7) is 10.6. The van der Waals surface area contributed by atoms with Crippen LogP contribution in [0, 0.1) is 5.92 Å². The van der Waals surface area contributed by atoms with Gasteiger partial charge in [0, 0.05) is 36.3 Å². The molecule has 1 aromatic rings. The molecular weight excluding hydrogens is 370 g/mol. The summed E-state index contributed by atoms with van der Waals surface area (Å²) >= 11 is 2.07. The van der Waals surface area contributed by atoms with Gasteiger partial charge in [-0.25, -0.2) is 4.99 Å². The molecule has 0 spiro atoms. The van der Waals surface area contributed by atoms with Crippen LogP contribution in [-0.2, 0) is 11.3 Å². The third-order valence-electron chi connectivity index (χ3n) is 4.55. The van der Waals surface area contributed by atoms with Crippen LogP contribution < -0.4 is 10.6 Å². The first-order chi connectivity index (χ1) is 13.4. The van der Waals surface area contributed by atoms with Crippen LogP contribution in [-0.4, -0.2) is 72.9 Å². The van der Waals surface area contributed by atoms with Crippen molar-refractivity contribution < 1.29 is 4.79 Å². The van der Waals surface area contributed by atoms with Crippen molar-refractivity contribution in [2.45, 2.75) is 32.6 Å². The summed E-state index contributed by atoms with van der Waals surface area (Å²) in [7, 11) is 3.77. The van der Waals surface area contributed by atoms with Crippen molar-refractivity contribution in [3.05, 3.63) is 29.8 Å². The molecule has 1 aliphatic rings. The van der Waals surface area contributed by atoms with E-state index in [2.05, 4.69) is 54.1 Å². The minimum absolute atomic E-state index is 0.00969. The molecule has 0 aromatic heterocycles. The minimum atomic E-state index is -0.00969. The monoisotopic (exact) mass is 405 g/mol. The largest absolute Gasteiger partial charge is 0.357 e. The van der Waals surface area contributed by atoms with Crippen molar-refractivity contribution in [3.63, 3.8) is 0 Å². The third kappa shape index (κ3) is 7.36. The molecule has 1 heterocycles. The first kappa shape index (κ1) is 22.6. The van der Waals surface area contributed by atoms with Gasteiger partial charge in [-0.2, -0.15) is 11.8 Å². The van der Waals surface area contributed by atoms with E-state index in [1.54, 1.807) is 0 Å². The first-order valence-electron chi connectivity index (χ1n) is 10.1. The number of hydrogen-bond donors (Lipinski definition) is 2. The van der Waals surface area contributed by atoms with Gasteiger partial charge in [0.15, 0.2) is 5.96 Å². The number of benzene rings is 1. The number of guanidine groups is 1. The highest BCUT2D eigenvalue weighted by atomic mass is 32.2. The average molecular weight is 406 g/mol. The zero-order valence-corrected chi connectivity index (χ0v) is 18.7. The maximum Gasteiger partial charge on any atom is 0.238 e. The summed E-state index contributed by atoms with van der Waals surface area (Å²) in [5, 5.41) is 7.04. The molecule has 1 aliphatic heterocycles. The molecule has 1 unspecified atom stereocenters. The van der Waals surface area contributed by atoms with Gasteiger partial charge in [0.05, 0.1) is 13.1 Å². The van der Waals surface area contributed by atoms with Gasteiger partial charge in [0.1, 0.15) is 0 Å². The molecule has 1 fully saturated rings. The molecule has 1 saturated heterocycles. The van der Waals surface area contributed by atoms with Crippen molar-refractivity contribution in [1.29, 1.82) is 0 Å². The number of rotatable bonds is 7. The van der Waals surface area contributed by atoms with E-state index in [0.29, 0.717) is 24.3 Å². The van der Waals surface area contributed by atoms with Gasteiger partial charge in [0.2, 0.25) is 5.91 Å². The molecule has 1 aromatic carbocycles. The summed E-state index contributed by atoms with van der Waals surface area (Å²) in [5.74, 6) is 2.78. The molecule has 7 heteroatoms. The molecule has 0 saturated carbocycles. The maximum atomic E-state index is 12.0. The number of hydrogen-bond acceptors (Lipinski definition) is 4. The summed E-state index contributed by atoms with van der Waals surface area (Å²) < 4.78 is 0. The van der Waals surface area contributed by atoms with Crippen LogP contribution in [0.25, 0.3) is 0 Å². The van der Waals surface area contributed by atoms with Gasteiger partial charge in [-0.05, 0) is 44.6 Å². The zero-order chi connectivity index (χ0) is 20.5. The van der Waals surface area contributed by atoms with Gasteiger partial charge >= 0.3 is 0 Å². The predicted molar refractivity (Wildman–Crippen MR) is 121 cm³/mol. The summed E-state index contributed by atoms with van der Waals surface area (Å²) in [6.07, 6.45) is 0. The zero-order valence-electron chi connectivity index (χ0n) is 17.9. The molecule has 2 rings (SSSR count). The van der Waals surface area contributed by atoms with E-state index in [1.165, 1.54) is 0 Å². The van der Waals surface area contributed by atoms with E-state index in [1.807, 2.05) is 37.2 Å². The van der Waals surface area contributed by atoms with Gasteiger partial charge < -0.3 is 20.4 Å². The fourth-order valence-electron chi connectivity index (χ4n) is 3.10.